The van der Waals surface area contributed by atoms with Crippen molar-refractivity contribution < 1.29 is 79.0 Å². The van der Waals surface area contributed by atoms with E-state index < -0.39 is 82.7 Å². The molecule has 0 saturated heterocycles. The Morgan fingerprint density at radius 3 is 1.10 bits per heavy atom. The summed E-state index contributed by atoms with van der Waals surface area (Å²) in [6.07, 6.45) is -13.6. The van der Waals surface area contributed by atoms with Crippen molar-refractivity contribution in [2.24, 2.45) is 0 Å². The van der Waals surface area contributed by atoms with Gasteiger partial charge in [-0.3, -0.25) is 0 Å². The topological polar surface area (TPSA) is 0 Å². The van der Waals surface area contributed by atoms with E-state index in [1.165, 1.54) is 18.2 Å². The molecule has 0 aliphatic heterocycles. The van der Waals surface area contributed by atoms with E-state index in [2.05, 4.69) is 6.58 Å². The first-order valence-electron chi connectivity index (χ1n) is 10.2. The summed E-state index contributed by atoms with van der Waals surface area (Å²) in [5.41, 5.74) is -7.34. The Labute approximate surface area is 217 Å². The van der Waals surface area contributed by atoms with Crippen molar-refractivity contribution in [2.45, 2.75) is 47.9 Å². The van der Waals surface area contributed by atoms with Gasteiger partial charge in [-0.2, -0.15) is 79.0 Å². The molecule has 2 aromatic rings. The second kappa shape index (κ2) is 10.1. The largest absolute Gasteiger partial charge is 0.460 e. The second-order valence-corrected chi connectivity index (χ2v) is 8.30. The molecule has 0 N–H and O–H groups in total. The third-order valence-electron chi connectivity index (χ3n) is 5.48. The minimum atomic E-state index is -7.60. The molecule has 0 aromatic heterocycles. The lowest BCUT2D eigenvalue weighted by molar-refractivity contribution is -0.400. The number of hydrogen-bond acceptors (Lipinski definition) is 0. The zero-order valence-electron chi connectivity index (χ0n) is 19.2. The maximum atomic E-state index is 14.5. The van der Waals surface area contributed by atoms with Crippen molar-refractivity contribution >= 4 is 24.3 Å². The van der Waals surface area contributed by atoms with Gasteiger partial charge >= 0.3 is 47.9 Å². The summed E-state index contributed by atoms with van der Waals surface area (Å²) in [4.78, 5) is 0. The van der Waals surface area contributed by atoms with Crippen LogP contribution in [0, 0.1) is 0 Å². The zero-order valence-corrected chi connectivity index (χ0v) is 19.2. The van der Waals surface area contributed by atoms with Gasteiger partial charge in [0, 0.05) is 11.1 Å². The Kier molecular flexibility index (Phi) is 8.39. The molecule has 19 heteroatoms. The lowest BCUT2D eigenvalue weighted by Gasteiger charge is -2.36. The molecule has 0 bridgehead atoms. The molecule has 0 unspecified atom stereocenters. The highest BCUT2D eigenvalue weighted by Crippen LogP contribution is 2.59. The van der Waals surface area contributed by atoms with E-state index in [0.717, 1.165) is 12.1 Å². The smallest absolute Gasteiger partial charge is 0.194 e. The fourth-order valence-electron chi connectivity index (χ4n) is 3.13. The predicted molar refractivity (Wildman–Crippen MR) is 108 cm³/mol. The van der Waals surface area contributed by atoms with Crippen molar-refractivity contribution in [3.05, 3.63) is 65.7 Å². The molecular weight excluding hydrogens is 617 g/mol. The van der Waals surface area contributed by atoms with E-state index in [-0.39, 0.29) is 5.46 Å². The minimum absolute atomic E-state index is 0.301. The quantitative estimate of drug-likeness (QED) is 0.197. The van der Waals surface area contributed by atoms with Gasteiger partial charge in [-0.15, -0.1) is 0 Å². The van der Waals surface area contributed by atoms with Crippen LogP contribution in [0.5, 0.6) is 0 Å². The standard InChI is InChI=1S/C22H10BF18/c1-2-10-3-5-13(6-4-10)23-14-8-11(15(24,25)17(28,29)19(32,33)21(36,37)38)7-12(9-14)16(26,27)18(30,31)20(34,35)22(39,40)41/h2-9H,1H2. The van der Waals surface area contributed by atoms with Crippen LogP contribution in [0.15, 0.2) is 49.0 Å². The molecule has 1 radical (unpaired) electrons. The van der Waals surface area contributed by atoms with Crippen LogP contribution in [0.1, 0.15) is 16.7 Å². The second-order valence-electron chi connectivity index (χ2n) is 8.30. The highest BCUT2D eigenvalue weighted by Gasteiger charge is 2.83. The van der Waals surface area contributed by atoms with E-state index in [0.29, 0.717) is 12.8 Å². The van der Waals surface area contributed by atoms with Gasteiger partial charge in [0.15, 0.2) is 7.28 Å². The molecule has 227 valence electrons. The first kappa shape index (κ1) is 34.2. The Morgan fingerprint density at radius 1 is 0.463 bits per heavy atom. The maximum Gasteiger partial charge on any atom is 0.460 e. The molecule has 0 atom stereocenters. The van der Waals surface area contributed by atoms with Crippen LogP contribution >= 0.6 is 0 Å². The molecule has 0 fully saturated rings. The molecule has 2 aromatic carbocycles. The SMILES string of the molecule is C=Cc1ccc([B]c2cc(C(F)(F)C(F)(F)C(F)(F)C(F)(F)F)cc(C(F)(F)C(F)(F)C(F)(F)C(F)(F)F)c2)cc1. The number of alkyl halides is 18. The van der Waals surface area contributed by atoms with Crippen molar-refractivity contribution in [1.29, 1.82) is 0 Å². The molecule has 0 nitrogen and oxygen atoms in total. The van der Waals surface area contributed by atoms with Crippen LogP contribution in [-0.4, -0.2) is 43.3 Å². The van der Waals surface area contributed by atoms with E-state index in [4.69, 9.17) is 0 Å². The van der Waals surface area contributed by atoms with E-state index in [9.17, 15) is 79.0 Å². The van der Waals surface area contributed by atoms with Crippen molar-refractivity contribution in [2.75, 3.05) is 0 Å². The summed E-state index contributed by atoms with van der Waals surface area (Å²) in [7, 11) is 0.381. The van der Waals surface area contributed by atoms with Crippen LogP contribution in [0.4, 0.5) is 79.0 Å². The Morgan fingerprint density at radius 2 is 0.805 bits per heavy atom. The monoisotopic (exact) mass is 627 g/mol. The number of hydrogen-bond donors (Lipinski definition) is 0. The summed E-state index contributed by atoms with van der Waals surface area (Å²) in [6.45, 7) is 3.34. The molecule has 41 heavy (non-hydrogen) atoms. The molecule has 0 aliphatic rings. The molecule has 2 rings (SSSR count). The number of halogens is 18. The van der Waals surface area contributed by atoms with E-state index in [1.54, 1.807) is 0 Å². The number of benzene rings is 2. The van der Waals surface area contributed by atoms with Gasteiger partial charge in [0.1, 0.15) is 0 Å². The van der Waals surface area contributed by atoms with Crippen molar-refractivity contribution in [1.82, 2.24) is 0 Å². The lowest BCUT2D eigenvalue weighted by atomic mass is 9.63. The third-order valence-corrected chi connectivity index (χ3v) is 5.48. The van der Waals surface area contributed by atoms with Gasteiger partial charge in [0.05, 0.1) is 0 Å². The first-order chi connectivity index (χ1) is 18.1. The van der Waals surface area contributed by atoms with Gasteiger partial charge in [-0.1, -0.05) is 60.0 Å². The summed E-state index contributed by atoms with van der Waals surface area (Å²) >= 11 is 0. The zero-order chi connectivity index (χ0) is 32.3. The van der Waals surface area contributed by atoms with Crippen molar-refractivity contribution in [3.63, 3.8) is 0 Å². The number of rotatable bonds is 9. The average Bonchev–Trinajstić information content (AvgIpc) is 2.82. The normalized spacial score (nSPS) is 14.7. The molecule has 0 spiro atoms. The van der Waals surface area contributed by atoms with E-state index in [1.807, 2.05) is 0 Å². The summed E-state index contributed by atoms with van der Waals surface area (Å²) in [5, 5.41) is 0. The van der Waals surface area contributed by atoms with Crippen LogP contribution < -0.4 is 10.9 Å². The summed E-state index contributed by atoms with van der Waals surface area (Å²) in [6, 6.07) is 2.12. The van der Waals surface area contributed by atoms with Gasteiger partial charge in [-0.05, 0) is 11.6 Å². The molecular formula is C22H10BF18. The molecule has 0 saturated carbocycles. The highest BCUT2D eigenvalue weighted by molar-refractivity contribution is 6.67. The fourth-order valence-corrected chi connectivity index (χ4v) is 3.13. The predicted octanol–water partition coefficient (Wildman–Crippen LogP) is 7.83. The first-order valence-corrected chi connectivity index (χ1v) is 10.2. The van der Waals surface area contributed by atoms with Crippen LogP contribution in [-0.2, 0) is 11.8 Å². The van der Waals surface area contributed by atoms with Crippen LogP contribution in [0.3, 0.4) is 0 Å². The molecule has 0 heterocycles. The molecule has 0 aliphatic carbocycles. The fraction of sp³-hybridized carbons (Fsp3) is 0.364. The van der Waals surface area contributed by atoms with Gasteiger partial charge in [0.25, 0.3) is 0 Å². The third kappa shape index (κ3) is 5.47. The highest BCUT2D eigenvalue weighted by atomic mass is 19.4. The lowest BCUT2D eigenvalue weighted by Crippen LogP contribution is -2.60. The molecule has 0 amide bonds. The van der Waals surface area contributed by atoms with Crippen LogP contribution in [0.25, 0.3) is 6.08 Å². The minimum Gasteiger partial charge on any atom is -0.194 e. The van der Waals surface area contributed by atoms with E-state index >= 15 is 0 Å². The van der Waals surface area contributed by atoms with Gasteiger partial charge in [0.2, 0.25) is 0 Å². The summed E-state index contributed by atoms with van der Waals surface area (Å²) < 4.78 is 242. The van der Waals surface area contributed by atoms with Crippen molar-refractivity contribution in [3.8, 4) is 0 Å². The van der Waals surface area contributed by atoms with Crippen LogP contribution in [0.2, 0.25) is 0 Å². The average molecular weight is 627 g/mol. The Bertz CT molecular complexity index is 1190. The Hall–Kier alpha value is -3.02. The Balaban J connectivity index is 2.88. The maximum absolute atomic E-state index is 14.5. The summed E-state index contributed by atoms with van der Waals surface area (Å²) in [5.74, 6) is -44.0. The van der Waals surface area contributed by atoms with Gasteiger partial charge in [-0.25, -0.2) is 0 Å². The van der Waals surface area contributed by atoms with Gasteiger partial charge < -0.3 is 0 Å².